The summed E-state index contributed by atoms with van der Waals surface area (Å²) in [6.45, 7) is 2.02. The number of amides is 1. The van der Waals surface area contributed by atoms with Crippen LogP contribution in [-0.2, 0) is 16.6 Å². The quantitative estimate of drug-likeness (QED) is 0.489. The molecule has 0 spiro atoms. The highest BCUT2D eigenvalue weighted by Gasteiger charge is 2.43. The highest BCUT2D eigenvalue weighted by Crippen LogP contribution is 2.39. The van der Waals surface area contributed by atoms with Gasteiger partial charge in [-0.15, -0.1) is 0 Å². The first-order chi connectivity index (χ1) is 15.6. The molecule has 0 aliphatic carbocycles. The maximum absolute atomic E-state index is 13.2. The molecule has 1 atom stereocenters. The molecule has 4 rings (SSSR count). The maximum atomic E-state index is 13.2. The molecular weight excluding hydrogens is 416 g/mol. The second-order valence-electron chi connectivity index (χ2n) is 8.77. The predicted octanol–water partition coefficient (Wildman–Crippen LogP) is 5.60. The van der Waals surface area contributed by atoms with Crippen molar-refractivity contribution in [3.8, 4) is 0 Å². The molecule has 1 saturated heterocycles. The fourth-order valence-electron chi connectivity index (χ4n) is 5.10. The van der Waals surface area contributed by atoms with E-state index in [1.54, 1.807) is 0 Å². The summed E-state index contributed by atoms with van der Waals surface area (Å²) in [5.41, 5.74) is 8.59. The summed E-state index contributed by atoms with van der Waals surface area (Å²) in [7, 11) is 0. The van der Waals surface area contributed by atoms with E-state index >= 15 is 0 Å². The highest BCUT2D eigenvalue weighted by molar-refractivity contribution is 6.30. The summed E-state index contributed by atoms with van der Waals surface area (Å²) in [5.74, 6) is -0.280. The number of primary amides is 1. The molecule has 1 aliphatic rings. The molecule has 0 bridgehead atoms. The van der Waals surface area contributed by atoms with Crippen molar-refractivity contribution < 1.29 is 4.79 Å². The van der Waals surface area contributed by atoms with Crippen molar-refractivity contribution >= 4 is 17.5 Å². The van der Waals surface area contributed by atoms with Crippen LogP contribution in [0.3, 0.4) is 0 Å². The Morgan fingerprint density at radius 3 is 2.06 bits per heavy atom. The van der Waals surface area contributed by atoms with Crippen LogP contribution in [0.25, 0.3) is 0 Å². The fraction of sp³-hybridized carbons (Fsp3) is 0.321. The predicted molar refractivity (Wildman–Crippen MR) is 132 cm³/mol. The molecule has 3 aromatic carbocycles. The van der Waals surface area contributed by atoms with Crippen molar-refractivity contribution in [3.63, 3.8) is 0 Å². The molecule has 1 unspecified atom stereocenters. The van der Waals surface area contributed by atoms with Crippen molar-refractivity contribution in [2.45, 2.75) is 43.6 Å². The zero-order valence-corrected chi connectivity index (χ0v) is 19.2. The van der Waals surface area contributed by atoms with E-state index in [1.807, 2.05) is 72.8 Å². The van der Waals surface area contributed by atoms with Crippen LogP contribution < -0.4 is 5.73 Å². The van der Waals surface area contributed by atoms with Gasteiger partial charge in [-0.05, 0) is 61.1 Å². The van der Waals surface area contributed by atoms with E-state index in [0.29, 0.717) is 12.5 Å². The number of carbonyl (C=O) groups is 1. The van der Waals surface area contributed by atoms with E-state index in [-0.39, 0.29) is 5.91 Å². The molecule has 2 N–H and O–H groups in total. The van der Waals surface area contributed by atoms with Crippen molar-refractivity contribution in [1.82, 2.24) is 4.90 Å². The third kappa shape index (κ3) is 4.90. The van der Waals surface area contributed by atoms with Crippen LogP contribution >= 0.6 is 11.6 Å². The molecule has 166 valence electrons. The van der Waals surface area contributed by atoms with E-state index in [9.17, 15) is 4.79 Å². The summed E-state index contributed by atoms with van der Waals surface area (Å²) in [6.07, 6.45) is 5.11. The average molecular weight is 447 g/mol. The Labute approximate surface area is 196 Å². The van der Waals surface area contributed by atoms with E-state index < -0.39 is 5.41 Å². The third-order valence-electron chi connectivity index (χ3n) is 6.85. The minimum absolute atomic E-state index is 0.280. The number of rotatable bonds is 8. The van der Waals surface area contributed by atoms with Crippen LogP contribution in [0.2, 0.25) is 5.02 Å². The largest absolute Gasteiger partial charge is 0.369 e. The molecule has 3 aromatic rings. The van der Waals surface area contributed by atoms with Crippen molar-refractivity contribution in [3.05, 3.63) is 107 Å². The van der Waals surface area contributed by atoms with Crippen LogP contribution in [0, 0.1) is 0 Å². The number of benzene rings is 3. The Morgan fingerprint density at radius 2 is 1.50 bits per heavy atom. The lowest BCUT2D eigenvalue weighted by Gasteiger charge is -2.42. The van der Waals surface area contributed by atoms with Gasteiger partial charge in [0.25, 0.3) is 0 Å². The summed E-state index contributed by atoms with van der Waals surface area (Å²) in [6, 6.07) is 28.5. The molecule has 32 heavy (non-hydrogen) atoms. The monoisotopic (exact) mass is 446 g/mol. The smallest absolute Gasteiger partial charge is 0.232 e. The van der Waals surface area contributed by atoms with Gasteiger partial charge in [0.2, 0.25) is 5.91 Å². The van der Waals surface area contributed by atoms with Crippen LogP contribution in [0.4, 0.5) is 0 Å². The molecule has 0 saturated carbocycles. The normalized spacial score (nSPS) is 17.2. The second-order valence-corrected chi connectivity index (χ2v) is 9.20. The minimum atomic E-state index is -0.844. The standard InChI is InChI=1S/C28H31ClN2O/c29-25-16-14-22(15-17-25)18-20-31-19-8-7-13-26(31)21-28(27(30)32,23-9-3-1-4-10-23)24-11-5-2-6-12-24/h1-6,9-12,14-17,26H,7-8,13,18-21H2,(H2,30,32). The first kappa shape index (κ1) is 22.6. The van der Waals surface area contributed by atoms with Gasteiger partial charge < -0.3 is 5.73 Å². The molecule has 1 aliphatic heterocycles. The Hall–Kier alpha value is -2.62. The number of nitrogens with two attached hydrogens (primary N) is 1. The zero-order chi connectivity index (χ0) is 22.4. The lowest BCUT2D eigenvalue weighted by Crippen LogP contribution is -2.50. The van der Waals surface area contributed by atoms with Crippen molar-refractivity contribution in [1.29, 1.82) is 0 Å². The van der Waals surface area contributed by atoms with Crippen LogP contribution in [0.5, 0.6) is 0 Å². The molecule has 3 nitrogen and oxygen atoms in total. The Balaban J connectivity index is 1.64. The highest BCUT2D eigenvalue weighted by atomic mass is 35.5. The van der Waals surface area contributed by atoms with Gasteiger partial charge in [0.1, 0.15) is 5.41 Å². The molecule has 0 aromatic heterocycles. The van der Waals surface area contributed by atoms with Gasteiger partial charge in [0.15, 0.2) is 0 Å². The minimum Gasteiger partial charge on any atom is -0.369 e. The van der Waals surface area contributed by atoms with Gasteiger partial charge in [-0.3, -0.25) is 9.69 Å². The maximum Gasteiger partial charge on any atom is 0.232 e. The summed E-state index contributed by atoms with van der Waals surface area (Å²) < 4.78 is 0. The molecule has 1 amide bonds. The van der Waals surface area contributed by atoms with Gasteiger partial charge in [0.05, 0.1) is 0 Å². The second kappa shape index (κ2) is 10.3. The molecule has 0 radical (unpaired) electrons. The van der Waals surface area contributed by atoms with Gasteiger partial charge in [0, 0.05) is 17.6 Å². The number of carbonyl (C=O) groups excluding carboxylic acids is 1. The van der Waals surface area contributed by atoms with Crippen LogP contribution in [0.15, 0.2) is 84.9 Å². The third-order valence-corrected chi connectivity index (χ3v) is 7.10. The van der Waals surface area contributed by atoms with Crippen molar-refractivity contribution in [2.75, 3.05) is 13.1 Å². The number of hydrogen-bond acceptors (Lipinski definition) is 2. The first-order valence-electron chi connectivity index (χ1n) is 11.5. The Kier molecular flexibility index (Phi) is 7.29. The summed E-state index contributed by atoms with van der Waals surface area (Å²) in [5, 5.41) is 0.765. The molecule has 1 heterocycles. The zero-order valence-electron chi connectivity index (χ0n) is 18.4. The van der Waals surface area contributed by atoms with E-state index in [1.165, 1.54) is 18.4 Å². The van der Waals surface area contributed by atoms with E-state index in [2.05, 4.69) is 17.0 Å². The number of halogens is 1. The van der Waals surface area contributed by atoms with Gasteiger partial charge in [-0.25, -0.2) is 0 Å². The van der Waals surface area contributed by atoms with Gasteiger partial charge in [-0.2, -0.15) is 0 Å². The number of likely N-dealkylation sites (tertiary alicyclic amines) is 1. The van der Waals surface area contributed by atoms with Crippen molar-refractivity contribution in [2.24, 2.45) is 5.73 Å². The van der Waals surface area contributed by atoms with Crippen LogP contribution in [-0.4, -0.2) is 29.9 Å². The van der Waals surface area contributed by atoms with Gasteiger partial charge >= 0.3 is 0 Å². The van der Waals surface area contributed by atoms with E-state index in [4.69, 9.17) is 17.3 Å². The van der Waals surface area contributed by atoms with Gasteiger partial charge in [-0.1, -0.05) is 90.8 Å². The number of piperidine rings is 1. The SMILES string of the molecule is NC(=O)C(CC1CCCCN1CCc1ccc(Cl)cc1)(c1ccccc1)c1ccccc1. The fourth-order valence-corrected chi connectivity index (χ4v) is 5.22. The molecule has 4 heteroatoms. The number of nitrogens with zero attached hydrogens (tertiary/aromatic N) is 1. The Bertz CT molecular complexity index is 965. The Morgan fingerprint density at radius 1 is 0.906 bits per heavy atom. The summed E-state index contributed by atoms with van der Waals surface area (Å²) >= 11 is 6.05. The lowest BCUT2D eigenvalue weighted by molar-refractivity contribution is -0.123. The first-order valence-corrected chi connectivity index (χ1v) is 11.9. The average Bonchev–Trinajstić information content (AvgIpc) is 2.84. The number of hydrogen-bond donors (Lipinski definition) is 1. The molecule has 1 fully saturated rings. The van der Waals surface area contributed by atoms with E-state index in [0.717, 1.165) is 42.1 Å². The van der Waals surface area contributed by atoms with Crippen LogP contribution in [0.1, 0.15) is 42.4 Å². The topological polar surface area (TPSA) is 46.3 Å². The summed E-state index contributed by atoms with van der Waals surface area (Å²) in [4.78, 5) is 15.8. The molecular formula is C28H31ClN2O. The lowest BCUT2D eigenvalue weighted by atomic mass is 9.68.